The summed E-state index contributed by atoms with van der Waals surface area (Å²) in [6, 6.07) is 4.77. The summed E-state index contributed by atoms with van der Waals surface area (Å²) in [6.45, 7) is 1.67. The molecule has 0 atom stereocenters. The molecule has 0 saturated carbocycles. The maximum atomic E-state index is 12.2. The number of ether oxygens (including phenoxy) is 1. The van der Waals surface area contributed by atoms with E-state index in [4.69, 9.17) is 4.74 Å². The van der Waals surface area contributed by atoms with E-state index >= 15 is 0 Å². The average molecular weight is 436 g/mol. The zero-order chi connectivity index (χ0) is 21.5. The fraction of sp³-hybridized carbons (Fsp3) is 0.526. The number of nitro benzene ring substituents is 1. The molecule has 1 aromatic heterocycles. The van der Waals surface area contributed by atoms with Crippen molar-refractivity contribution in [1.82, 2.24) is 19.7 Å². The van der Waals surface area contributed by atoms with Crippen LogP contribution in [0.1, 0.15) is 30.7 Å². The number of aromatic nitrogens is 3. The first-order chi connectivity index (χ1) is 14.5. The molecule has 10 nitrogen and oxygen atoms in total. The number of methoxy groups -OCH3 is 1. The molecule has 2 aromatic rings. The second-order valence-electron chi connectivity index (χ2n) is 6.99. The van der Waals surface area contributed by atoms with Crippen molar-refractivity contribution >= 4 is 23.4 Å². The third-order valence-corrected chi connectivity index (χ3v) is 5.85. The van der Waals surface area contributed by atoms with E-state index < -0.39 is 4.92 Å². The number of rotatable bonds is 10. The second-order valence-corrected chi connectivity index (χ2v) is 7.98. The second kappa shape index (κ2) is 10.3. The van der Waals surface area contributed by atoms with Crippen LogP contribution in [-0.2, 0) is 30.1 Å². The number of carbonyl (C=O) groups excluding carboxylic acids is 1. The van der Waals surface area contributed by atoms with Crippen molar-refractivity contribution in [3.05, 3.63) is 50.2 Å². The molecule has 0 spiro atoms. The van der Waals surface area contributed by atoms with Crippen LogP contribution in [0.25, 0.3) is 0 Å². The first-order valence-electron chi connectivity index (χ1n) is 9.82. The predicted molar refractivity (Wildman–Crippen MR) is 113 cm³/mol. The number of hydrogen-bond donors (Lipinski definition) is 1. The Morgan fingerprint density at radius 1 is 1.40 bits per heavy atom. The van der Waals surface area contributed by atoms with Gasteiger partial charge in [-0.15, -0.1) is 11.8 Å². The molecule has 0 unspecified atom stereocenters. The van der Waals surface area contributed by atoms with Gasteiger partial charge in [-0.3, -0.25) is 19.5 Å². The Morgan fingerprint density at radius 3 is 2.97 bits per heavy atom. The summed E-state index contributed by atoms with van der Waals surface area (Å²) in [5.41, 5.74) is 0.597. The first-order valence-corrected chi connectivity index (χ1v) is 11.0. The average Bonchev–Trinajstić information content (AvgIpc) is 3.07. The van der Waals surface area contributed by atoms with Gasteiger partial charge < -0.3 is 10.1 Å². The van der Waals surface area contributed by atoms with Gasteiger partial charge in [0, 0.05) is 37.9 Å². The molecule has 11 heteroatoms. The van der Waals surface area contributed by atoms with Crippen molar-refractivity contribution in [3.8, 4) is 5.75 Å². The number of nitro groups is 1. The van der Waals surface area contributed by atoms with Crippen LogP contribution in [0.4, 0.5) is 5.69 Å². The van der Waals surface area contributed by atoms with E-state index in [-0.39, 0.29) is 28.8 Å². The van der Waals surface area contributed by atoms with Crippen molar-refractivity contribution in [2.75, 3.05) is 19.4 Å². The first kappa shape index (κ1) is 21.9. The number of fused-ring (bicyclic) bond motifs is 1. The summed E-state index contributed by atoms with van der Waals surface area (Å²) in [4.78, 5) is 34.8. The summed E-state index contributed by atoms with van der Waals surface area (Å²) in [5.74, 6) is 1.68. The number of thioether (sulfide) groups is 1. The topological polar surface area (TPSA) is 121 Å². The van der Waals surface area contributed by atoms with Gasteiger partial charge in [-0.1, -0.05) is 6.07 Å². The van der Waals surface area contributed by atoms with Crippen molar-refractivity contribution in [3.63, 3.8) is 0 Å². The lowest BCUT2D eigenvalue weighted by Gasteiger charge is -2.09. The molecule has 1 aromatic carbocycles. The quantitative estimate of drug-likeness (QED) is 0.343. The Balaban J connectivity index is 1.38. The molecular weight excluding hydrogens is 410 g/mol. The molecule has 1 aliphatic rings. The third kappa shape index (κ3) is 5.41. The summed E-state index contributed by atoms with van der Waals surface area (Å²) < 4.78 is 8.21. The van der Waals surface area contributed by atoms with Crippen LogP contribution >= 0.6 is 11.8 Å². The Bertz CT molecular complexity index is 971. The highest BCUT2D eigenvalue weighted by Gasteiger charge is 2.17. The molecule has 1 N–H and O–H groups in total. The van der Waals surface area contributed by atoms with Gasteiger partial charge in [0.1, 0.15) is 5.82 Å². The van der Waals surface area contributed by atoms with Gasteiger partial charge in [-0.2, -0.15) is 5.10 Å². The number of benzene rings is 1. The largest absolute Gasteiger partial charge is 0.490 e. The monoisotopic (exact) mass is 435 g/mol. The number of hydrogen-bond acceptors (Lipinski definition) is 7. The molecule has 162 valence electrons. The molecule has 0 bridgehead atoms. The lowest BCUT2D eigenvalue weighted by molar-refractivity contribution is -0.385. The SMILES string of the molecule is COc1ccc(CSCC(=O)NCCCn2nc3n(c2=O)CCCC3)cc1[N+](=O)[O-]. The number of carbonyl (C=O) groups is 1. The van der Waals surface area contributed by atoms with Crippen LogP contribution < -0.4 is 15.7 Å². The van der Waals surface area contributed by atoms with E-state index in [1.165, 1.54) is 29.6 Å². The normalized spacial score (nSPS) is 13.0. The van der Waals surface area contributed by atoms with E-state index in [1.807, 2.05) is 0 Å². The van der Waals surface area contributed by atoms with E-state index in [0.717, 1.165) is 37.2 Å². The Kier molecular flexibility index (Phi) is 7.50. The highest BCUT2D eigenvalue weighted by molar-refractivity contribution is 7.99. The number of nitrogens with zero attached hydrogens (tertiary/aromatic N) is 4. The molecule has 3 rings (SSSR count). The number of aryl methyl sites for hydroxylation is 2. The maximum Gasteiger partial charge on any atom is 0.345 e. The maximum absolute atomic E-state index is 12.2. The van der Waals surface area contributed by atoms with Crippen LogP contribution in [0.3, 0.4) is 0 Å². The van der Waals surface area contributed by atoms with Gasteiger partial charge >= 0.3 is 11.4 Å². The fourth-order valence-electron chi connectivity index (χ4n) is 3.33. The minimum absolute atomic E-state index is 0.0693. The summed E-state index contributed by atoms with van der Waals surface area (Å²) in [6.07, 6.45) is 3.54. The van der Waals surface area contributed by atoms with Crippen molar-refractivity contribution in [2.24, 2.45) is 0 Å². The molecule has 1 aliphatic heterocycles. The zero-order valence-corrected chi connectivity index (χ0v) is 17.7. The van der Waals surface area contributed by atoms with Crippen molar-refractivity contribution in [1.29, 1.82) is 0 Å². The molecular formula is C19H25N5O5S. The molecule has 0 aliphatic carbocycles. The number of amides is 1. The van der Waals surface area contributed by atoms with Crippen LogP contribution in [0.15, 0.2) is 23.0 Å². The van der Waals surface area contributed by atoms with Crippen LogP contribution in [0.5, 0.6) is 5.75 Å². The number of nitrogens with one attached hydrogen (secondary N) is 1. The molecule has 1 amide bonds. The fourth-order valence-corrected chi connectivity index (χ4v) is 4.14. The Morgan fingerprint density at radius 2 is 2.23 bits per heavy atom. The van der Waals surface area contributed by atoms with E-state index in [2.05, 4.69) is 10.4 Å². The molecule has 30 heavy (non-hydrogen) atoms. The van der Waals surface area contributed by atoms with Crippen molar-refractivity contribution < 1.29 is 14.5 Å². The highest BCUT2D eigenvalue weighted by atomic mass is 32.2. The predicted octanol–water partition coefficient (Wildman–Crippen LogP) is 1.74. The van der Waals surface area contributed by atoms with Gasteiger partial charge in [0.2, 0.25) is 5.91 Å². The van der Waals surface area contributed by atoms with Gasteiger partial charge in [-0.05, 0) is 30.9 Å². The smallest absolute Gasteiger partial charge is 0.345 e. The van der Waals surface area contributed by atoms with Gasteiger partial charge in [0.05, 0.1) is 17.8 Å². The lowest BCUT2D eigenvalue weighted by atomic mass is 10.2. The van der Waals surface area contributed by atoms with Gasteiger partial charge in [-0.25, -0.2) is 9.48 Å². The highest BCUT2D eigenvalue weighted by Crippen LogP contribution is 2.28. The lowest BCUT2D eigenvalue weighted by Crippen LogP contribution is -2.30. The Hall–Kier alpha value is -2.82. The van der Waals surface area contributed by atoms with Gasteiger partial charge in [0.25, 0.3) is 0 Å². The summed E-state index contributed by atoms with van der Waals surface area (Å²) in [5, 5.41) is 18.3. The third-order valence-electron chi connectivity index (χ3n) is 4.84. The molecule has 0 fully saturated rings. The summed E-state index contributed by atoms with van der Waals surface area (Å²) in [7, 11) is 1.39. The minimum atomic E-state index is -0.485. The summed E-state index contributed by atoms with van der Waals surface area (Å²) >= 11 is 1.38. The standard InChI is InChI=1S/C19H25N5O5S/c1-29-16-7-6-14(11-15(16)24(27)28)12-30-13-18(25)20-8-4-10-23-19(26)22-9-3-2-5-17(22)21-23/h6-7,11H,2-5,8-10,12-13H2,1H3,(H,20,25). The van der Waals surface area contributed by atoms with E-state index in [9.17, 15) is 19.7 Å². The molecule has 0 radical (unpaired) electrons. The molecule has 2 heterocycles. The van der Waals surface area contributed by atoms with E-state index in [1.54, 1.807) is 16.7 Å². The van der Waals surface area contributed by atoms with Crippen LogP contribution in [0.2, 0.25) is 0 Å². The minimum Gasteiger partial charge on any atom is -0.490 e. The van der Waals surface area contributed by atoms with Crippen LogP contribution in [0, 0.1) is 10.1 Å². The molecule has 0 saturated heterocycles. The van der Waals surface area contributed by atoms with E-state index in [0.29, 0.717) is 25.3 Å². The van der Waals surface area contributed by atoms with Crippen molar-refractivity contribution in [2.45, 2.75) is 44.5 Å². The van der Waals surface area contributed by atoms with Gasteiger partial charge in [0.15, 0.2) is 5.75 Å². The Labute approximate surface area is 177 Å². The van der Waals surface area contributed by atoms with Crippen LogP contribution in [-0.4, -0.2) is 44.6 Å². The zero-order valence-electron chi connectivity index (χ0n) is 16.8.